The number of fused-ring (bicyclic) bond motifs is 2. The maximum Gasteiger partial charge on any atom is 0.349 e. The van der Waals surface area contributed by atoms with Crippen LogP contribution in [0.25, 0.3) is 33.5 Å². The van der Waals surface area contributed by atoms with E-state index < -0.39 is 11.4 Å². The Morgan fingerprint density at radius 1 is 1.00 bits per heavy atom. The van der Waals surface area contributed by atoms with Crippen molar-refractivity contribution in [2.45, 2.75) is 13.8 Å². The largest absolute Gasteiger partial charge is 0.436 e. The first-order valence-electron chi connectivity index (χ1n) is 8.48. The summed E-state index contributed by atoms with van der Waals surface area (Å²) in [6, 6.07) is 11.5. The number of anilines is 1. The Hall–Kier alpha value is -3.15. The van der Waals surface area contributed by atoms with Crippen LogP contribution in [-0.4, -0.2) is 18.1 Å². The third-order valence-corrected chi connectivity index (χ3v) is 4.43. The lowest BCUT2D eigenvalue weighted by atomic mass is 10.1. The Labute approximate surface area is 148 Å². The zero-order valence-electron chi connectivity index (χ0n) is 14.5. The van der Waals surface area contributed by atoms with Gasteiger partial charge in [0, 0.05) is 36.3 Å². The van der Waals surface area contributed by atoms with Gasteiger partial charge in [-0.05, 0) is 44.2 Å². The van der Waals surface area contributed by atoms with Gasteiger partial charge in [-0.2, -0.15) is 0 Å². The molecule has 0 saturated heterocycles. The zero-order valence-corrected chi connectivity index (χ0v) is 14.5. The summed E-state index contributed by atoms with van der Waals surface area (Å²) in [5.41, 5.74) is 1.95. The lowest BCUT2D eigenvalue weighted by Crippen LogP contribution is -2.21. The van der Waals surface area contributed by atoms with Crippen molar-refractivity contribution in [1.29, 1.82) is 0 Å². The van der Waals surface area contributed by atoms with Crippen molar-refractivity contribution in [3.8, 4) is 11.5 Å². The van der Waals surface area contributed by atoms with Gasteiger partial charge in [0.25, 0.3) is 0 Å². The molecule has 0 aliphatic heterocycles. The normalized spacial score (nSPS) is 11.3. The van der Waals surface area contributed by atoms with Crippen LogP contribution in [0, 0.1) is 5.82 Å². The van der Waals surface area contributed by atoms with Crippen LogP contribution in [-0.2, 0) is 0 Å². The molecule has 0 saturated carbocycles. The molecule has 26 heavy (non-hydrogen) atoms. The topological polar surface area (TPSA) is 59.5 Å². The molecule has 6 heteroatoms. The van der Waals surface area contributed by atoms with Gasteiger partial charge < -0.3 is 13.7 Å². The molecule has 0 spiro atoms. The number of nitrogens with zero attached hydrogens (tertiary/aromatic N) is 2. The predicted molar refractivity (Wildman–Crippen MR) is 99.0 cm³/mol. The number of benzene rings is 2. The van der Waals surface area contributed by atoms with Crippen molar-refractivity contribution in [3.05, 3.63) is 58.7 Å². The van der Waals surface area contributed by atoms with Gasteiger partial charge in [0.05, 0.1) is 0 Å². The molecule has 4 aromatic rings. The number of halogens is 1. The van der Waals surface area contributed by atoms with Crippen molar-refractivity contribution >= 4 is 27.8 Å². The van der Waals surface area contributed by atoms with Crippen LogP contribution < -0.4 is 10.5 Å². The maximum absolute atomic E-state index is 13.3. The lowest BCUT2D eigenvalue weighted by molar-refractivity contribution is 0.552. The van der Waals surface area contributed by atoms with Gasteiger partial charge in [0.2, 0.25) is 5.89 Å². The van der Waals surface area contributed by atoms with Crippen molar-refractivity contribution in [1.82, 2.24) is 4.98 Å². The molecule has 0 bridgehead atoms. The Bertz CT molecular complexity index is 1160. The molecular weight excluding hydrogens is 335 g/mol. The van der Waals surface area contributed by atoms with E-state index in [9.17, 15) is 9.18 Å². The smallest absolute Gasteiger partial charge is 0.349 e. The summed E-state index contributed by atoms with van der Waals surface area (Å²) in [4.78, 5) is 18.9. The van der Waals surface area contributed by atoms with E-state index in [0.717, 1.165) is 24.2 Å². The highest BCUT2D eigenvalue weighted by atomic mass is 19.1. The number of hydrogen-bond acceptors (Lipinski definition) is 5. The molecule has 0 aliphatic rings. The van der Waals surface area contributed by atoms with Gasteiger partial charge in [0.1, 0.15) is 22.5 Å². The first-order chi connectivity index (χ1) is 12.6. The fraction of sp³-hybridized carbons (Fsp3) is 0.200. The zero-order chi connectivity index (χ0) is 18.3. The van der Waals surface area contributed by atoms with Gasteiger partial charge in [-0.3, -0.25) is 0 Å². The Kier molecular flexibility index (Phi) is 3.95. The summed E-state index contributed by atoms with van der Waals surface area (Å²) in [6.45, 7) is 5.87. The maximum atomic E-state index is 13.3. The van der Waals surface area contributed by atoms with Crippen LogP contribution in [0.1, 0.15) is 13.8 Å². The minimum absolute atomic E-state index is 0.120. The van der Waals surface area contributed by atoms with Gasteiger partial charge in [-0.1, -0.05) is 0 Å². The van der Waals surface area contributed by atoms with Crippen LogP contribution in [0.4, 0.5) is 10.1 Å². The van der Waals surface area contributed by atoms with E-state index in [2.05, 4.69) is 23.7 Å². The molecule has 0 fully saturated rings. The fourth-order valence-corrected chi connectivity index (χ4v) is 3.05. The summed E-state index contributed by atoms with van der Waals surface area (Å²) in [5, 5.41) is 0.768. The van der Waals surface area contributed by atoms with E-state index >= 15 is 0 Å². The number of rotatable bonds is 4. The van der Waals surface area contributed by atoms with Gasteiger partial charge in [-0.25, -0.2) is 14.2 Å². The van der Waals surface area contributed by atoms with Gasteiger partial charge in [0.15, 0.2) is 5.58 Å². The van der Waals surface area contributed by atoms with E-state index in [1.54, 1.807) is 6.07 Å². The van der Waals surface area contributed by atoms with E-state index in [4.69, 9.17) is 8.83 Å². The molecule has 132 valence electrons. The monoisotopic (exact) mass is 352 g/mol. The van der Waals surface area contributed by atoms with Crippen LogP contribution in [0.2, 0.25) is 0 Å². The third-order valence-electron chi connectivity index (χ3n) is 4.43. The van der Waals surface area contributed by atoms with E-state index in [0.29, 0.717) is 11.1 Å². The molecule has 0 N–H and O–H groups in total. The average Bonchev–Trinajstić information content (AvgIpc) is 3.05. The third kappa shape index (κ3) is 2.73. The second-order valence-electron chi connectivity index (χ2n) is 5.97. The van der Waals surface area contributed by atoms with Crippen LogP contribution in [0.3, 0.4) is 0 Å². The molecule has 2 aromatic heterocycles. The highest BCUT2D eigenvalue weighted by Gasteiger charge is 2.15. The average molecular weight is 352 g/mol. The first kappa shape index (κ1) is 16.3. The van der Waals surface area contributed by atoms with Gasteiger partial charge >= 0.3 is 5.63 Å². The number of oxazole rings is 1. The second-order valence-corrected chi connectivity index (χ2v) is 5.97. The number of aromatic nitrogens is 1. The summed E-state index contributed by atoms with van der Waals surface area (Å²) >= 11 is 0. The molecule has 4 rings (SSSR count). The first-order valence-corrected chi connectivity index (χ1v) is 8.48. The summed E-state index contributed by atoms with van der Waals surface area (Å²) < 4.78 is 24.4. The van der Waals surface area contributed by atoms with Crippen molar-refractivity contribution in [3.63, 3.8) is 0 Å². The molecule has 0 amide bonds. The molecular formula is C20H17FN2O3. The molecule has 2 aromatic carbocycles. The lowest BCUT2D eigenvalue weighted by Gasteiger charge is -2.20. The fourth-order valence-electron chi connectivity index (χ4n) is 3.05. The van der Waals surface area contributed by atoms with Crippen LogP contribution in [0.5, 0.6) is 0 Å². The molecule has 5 nitrogen and oxygen atoms in total. The minimum atomic E-state index is -0.541. The van der Waals surface area contributed by atoms with Crippen molar-refractivity contribution in [2.75, 3.05) is 18.0 Å². The molecule has 0 atom stereocenters. The number of hydrogen-bond donors (Lipinski definition) is 0. The van der Waals surface area contributed by atoms with Crippen molar-refractivity contribution < 1.29 is 13.2 Å². The quantitative estimate of drug-likeness (QED) is 0.503. The molecule has 2 heterocycles. The Morgan fingerprint density at radius 3 is 2.58 bits per heavy atom. The second kappa shape index (κ2) is 6.29. The van der Waals surface area contributed by atoms with Gasteiger partial charge in [-0.15, -0.1) is 0 Å². The van der Waals surface area contributed by atoms with Crippen LogP contribution in [0.15, 0.2) is 56.1 Å². The predicted octanol–water partition coefficient (Wildman–Crippen LogP) is 4.59. The van der Waals surface area contributed by atoms with E-state index in [1.807, 2.05) is 18.2 Å². The van der Waals surface area contributed by atoms with E-state index in [1.165, 1.54) is 18.2 Å². The van der Waals surface area contributed by atoms with E-state index in [-0.39, 0.29) is 17.0 Å². The highest BCUT2D eigenvalue weighted by molar-refractivity contribution is 5.84. The highest BCUT2D eigenvalue weighted by Crippen LogP contribution is 2.27. The minimum Gasteiger partial charge on any atom is -0.436 e. The summed E-state index contributed by atoms with van der Waals surface area (Å²) in [7, 11) is 0. The molecule has 0 aliphatic carbocycles. The standard InChI is InChI=1S/C20H17FN2O3/c1-3-23(4-2)14-7-5-12-9-15(20(24)26-17(12)11-14)19-22-16-8-6-13(21)10-18(16)25-19/h5-11H,3-4H2,1-2H3. The SMILES string of the molecule is CCN(CC)c1ccc2cc(-c3nc4ccc(F)cc4o3)c(=O)oc2c1. The molecule has 0 radical (unpaired) electrons. The van der Waals surface area contributed by atoms with Crippen molar-refractivity contribution in [2.24, 2.45) is 0 Å². The Morgan fingerprint density at radius 2 is 1.81 bits per heavy atom. The molecule has 0 unspecified atom stereocenters. The summed E-state index contributed by atoms with van der Waals surface area (Å²) in [5.74, 6) is -0.302. The van der Waals surface area contributed by atoms with Crippen LogP contribution >= 0.6 is 0 Å². The Balaban J connectivity index is 1.84. The summed E-state index contributed by atoms with van der Waals surface area (Å²) in [6.07, 6.45) is 0.